The van der Waals surface area contributed by atoms with Crippen molar-refractivity contribution in [2.45, 2.75) is 60.0 Å². The number of hydrogen-bond donors (Lipinski definition) is 1. The molecule has 0 aliphatic carbocycles. The van der Waals surface area contributed by atoms with Crippen molar-refractivity contribution >= 4 is 5.69 Å². The number of hydrogen-bond acceptors (Lipinski definition) is 2. The molecule has 0 bridgehead atoms. The molecule has 21 heavy (non-hydrogen) atoms. The highest BCUT2D eigenvalue weighted by molar-refractivity contribution is 5.52. The maximum Gasteiger partial charge on any atom is 0.0371 e. The molecular weight excluding hydrogens is 256 g/mol. The van der Waals surface area contributed by atoms with Gasteiger partial charge in [-0.15, -0.1) is 0 Å². The van der Waals surface area contributed by atoms with Crippen LogP contribution in [0.3, 0.4) is 0 Å². The van der Waals surface area contributed by atoms with Gasteiger partial charge < -0.3 is 10.2 Å². The SMILES string of the molecule is Cc1cc(N2CCCC2C(C)C)ccc1CNCC(C)C. The highest BCUT2D eigenvalue weighted by Gasteiger charge is 2.27. The topological polar surface area (TPSA) is 15.3 Å². The van der Waals surface area contributed by atoms with Crippen molar-refractivity contribution in [1.29, 1.82) is 0 Å². The fourth-order valence-electron chi connectivity index (χ4n) is 3.36. The molecule has 0 saturated carbocycles. The van der Waals surface area contributed by atoms with E-state index in [1.165, 1.54) is 36.2 Å². The van der Waals surface area contributed by atoms with E-state index in [4.69, 9.17) is 0 Å². The molecule has 1 aromatic carbocycles. The van der Waals surface area contributed by atoms with Crippen molar-refractivity contribution in [2.75, 3.05) is 18.0 Å². The predicted octanol–water partition coefficient (Wildman–Crippen LogP) is 4.37. The second-order valence-corrected chi connectivity index (χ2v) is 7.28. The Balaban J connectivity index is 2.04. The molecule has 0 amide bonds. The Morgan fingerprint density at radius 1 is 1.24 bits per heavy atom. The summed E-state index contributed by atoms with van der Waals surface area (Å²) >= 11 is 0. The van der Waals surface area contributed by atoms with Gasteiger partial charge in [-0.1, -0.05) is 33.8 Å². The van der Waals surface area contributed by atoms with E-state index in [0.29, 0.717) is 12.0 Å². The number of anilines is 1. The average molecular weight is 288 g/mol. The molecule has 1 heterocycles. The smallest absolute Gasteiger partial charge is 0.0371 e. The zero-order valence-corrected chi connectivity index (χ0v) is 14.4. The molecule has 1 fully saturated rings. The first-order chi connectivity index (χ1) is 9.99. The normalized spacial score (nSPS) is 19.0. The molecule has 0 spiro atoms. The van der Waals surface area contributed by atoms with Crippen LogP contribution in [0.25, 0.3) is 0 Å². The van der Waals surface area contributed by atoms with Crippen LogP contribution < -0.4 is 10.2 Å². The Morgan fingerprint density at radius 2 is 2.00 bits per heavy atom. The maximum atomic E-state index is 3.54. The molecule has 1 unspecified atom stereocenters. The summed E-state index contributed by atoms with van der Waals surface area (Å²) in [6.07, 6.45) is 2.67. The summed E-state index contributed by atoms with van der Waals surface area (Å²) in [5, 5.41) is 3.54. The average Bonchev–Trinajstić information content (AvgIpc) is 2.89. The Morgan fingerprint density at radius 3 is 2.62 bits per heavy atom. The van der Waals surface area contributed by atoms with Gasteiger partial charge in [0.25, 0.3) is 0 Å². The number of benzene rings is 1. The van der Waals surface area contributed by atoms with E-state index in [1.54, 1.807) is 0 Å². The first-order valence-corrected chi connectivity index (χ1v) is 8.56. The Bertz CT molecular complexity index is 451. The van der Waals surface area contributed by atoms with Gasteiger partial charge in [0.05, 0.1) is 0 Å². The third-order valence-electron chi connectivity index (χ3n) is 4.59. The molecule has 2 nitrogen and oxygen atoms in total. The molecular formula is C19H32N2. The summed E-state index contributed by atoms with van der Waals surface area (Å²) in [5.74, 6) is 1.45. The molecule has 0 radical (unpaired) electrons. The van der Waals surface area contributed by atoms with Gasteiger partial charge in [-0.05, 0) is 61.4 Å². The third-order valence-corrected chi connectivity index (χ3v) is 4.59. The minimum atomic E-state index is 0.709. The van der Waals surface area contributed by atoms with Crippen LogP contribution in [0.4, 0.5) is 5.69 Å². The van der Waals surface area contributed by atoms with Crippen molar-refractivity contribution in [2.24, 2.45) is 11.8 Å². The lowest BCUT2D eigenvalue weighted by Gasteiger charge is -2.30. The molecule has 1 atom stereocenters. The van der Waals surface area contributed by atoms with E-state index in [-0.39, 0.29) is 0 Å². The highest BCUT2D eigenvalue weighted by atomic mass is 15.2. The van der Waals surface area contributed by atoms with E-state index < -0.39 is 0 Å². The first kappa shape index (κ1) is 16.4. The lowest BCUT2D eigenvalue weighted by molar-refractivity contribution is 0.492. The predicted molar refractivity (Wildman–Crippen MR) is 92.9 cm³/mol. The van der Waals surface area contributed by atoms with E-state index in [0.717, 1.165) is 19.0 Å². The molecule has 1 saturated heterocycles. The quantitative estimate of drug-likeness (QED) is 0.836. The summed E-state index contributed by atoms with van der Waals surface area (Å²) in [7, 11) is 0. The molecule has 1 aromatic rings. The first-order valence-electron chi connectivity index (χ1n) is 8.56. The van der Waals surface area contributed by atoms with Crippen LogP contribution in [-0.4, -0.2) is 19.1 Å². The van der Waals surface area contributed by atoms with Gasteiger partial charge >= 0.3 is 0 Å². The maximum absolute atomic E-state index is 3.54. The van der Waals surface area contributed by atoms with E-state index in [2.05, 4.69) is 63.0 Å². The monoisotopic (exact) mass is 288 g/mol. The van der Waals surface area contributed by atoms with E-state index in [1.807, 2.05) is 0 Å². The van der Waals surface area contributed by atoms with Crippen molar-refractivity contribution in [3.8, 4) is 0 Å². The Kier molecular flexibility index (Phi) is 5.69. The third kappa shape index (κ3) is 4.23. The van der Waals surface area contributed by atoms with Gasteiger partial charge in [0.2, 0.25) is 0 Å². The van der Waals surface area contributed by atoms with Crippen LogP contribution in [0.2, 0.25) is 0 Å². The van der Waals surface area contributed by atoms with E-state index in [9.17, 15) is 0 Å². The Hall–Kier alpha value is -1.02. The van der Waals surface area contributed by atoms with Gasteiger partial charge in [0.15, 0.2) is 0 Å². The lowest BCUT2D eigenvalue weighted by Crippen LogP contribution is -2.33. The van der Waals surface area contributed by atoms with Crippen molar-refractivity contribution in [3.05, 3.63) is 29.3 Å². The van der Waals surface area contributed by atoms with Crippen molar-refractivity contribution in [1.82, 2.24) is 5.32 Å². The van der Waals surface area contributed by atoms with Crippen LogP contribution in [0.5, 0.6) is 0 Å². The standard InChI is InChI=1S/C19H32N2/c1-14(2)12-20-13-17-8-9-18(11-16(17)5)21-10-6-7-19(21)15(3)4/h8-9,11,14-15,19-20H,6-7,10,12-13H2,1-5H3. The van der Waals surface area contributed by atoms with Crippen molar-refractivity contribution < 1.29 is 0 Å². The van der Waals surface area contributed by atoms with Crippen LogP contribution in [0, 0.1) is 18.8 Å². The van der Waals surface area contributed by atoms with Crippen LogP contribution in [-0.2, 0) is 6.54 Å². The molecule has 2 rings (SSSR count). The molecule has 0 aromatic heterocycles. The van der Waals surface area contributed by atoms with Gasteiger partial charge in [0, 0.05) is 24.8 Å². The molecule has 2 heteroatoms. The fourth-order valence-corrected chi connectivity index (χ4v) is 3.36. The van der Waals surface area contributed by atoms with Gasteiger partial charge in [0.1, 0.15) is 0 Å². The summed E-state index contributed by atoms with van der Waals surface area (Å²) in [6, 6.07) is 7.73. The molecule has 1 aliphatic heterocycles. The van der Waals surface area contributed by atoms with Crippen molar-refractivity contribution in [3.63, 3.8) is 0 Å². The van der Waals surface area contributed by atoms with E-state index >= 15 is 0 Å². The van der Waals surface area contributed by atoms with Crippen LogP contribution in [0.1, 0.15) is 51.7 Å². The zero-order valence-electron chi connectivity index (χ0n) is 14.4. The van der Waals surface area contributed by atoms with Gasteiger partial charge in [-0.3, -0.25) is 0 Å². The minimum Gasteiger partial charge on any atom is -0.368 e. The summed E-state index contributed by atoms with van der Waals surface area (Å²) in [4.78, 5) is 2.61. The molecule has 1 aliphatic rings. The van der Waals surface area contributed by atoms with Crippen LogP contribution >= 0.6 is 0 Å². The zero-order chi connectivity index (χ0) is 15.4. The second-order valence-electron chi connectivity index (χ2n) is 7.28. The largest absolute Gasteiger partial charge is 0.368 e. The number of nitrogens with zero attached hydrogens (tertiary/aromatic N) is 1. The fraction of sp³-hybridized carbons (Fsp3) is 0.684. The highest BCUT2D eigenvalue weighted by Crippen LogP contribution is 2.30. The number of aryl methyl sites for hydroxylation is 1. The summed E-state index contributed by atoms with van der Waals surface area (Å²) in [6.45, 7) is 14.7. The Labute approximate surface area is 130 Å². The second kappa shape index (κ2) is 7.31. The summed E-state index contributed by atoms with van der Waals surface area (Å²) in [5.41, 5.74) is 4.26. The lowest BCUT2D eigenvalue weighted by atomic mass is 10.0. The number of rotatable bonds is 6. The van der Waals surface area contributed by atoms with Gasteiger partial charge in [-0.25, -0.2) is 0 Å². The molecule has 1 N–H and O–H groups in total. The minimum absolute atomic E-state index is 0.709. The van der Waals surface area contributed by atoms with Crippen LogP contribution in [0.15, 0.2) is 18.2 Å². The summed E-state index contributed by atoms with van der Waals surface area (Å²) < 4.78 is 0. The molecule has 118 valence electrons. The van der Waals surface area contributed by atoms with Gasteiger partial charge in [-0.2, -0.15) is 0 Å². The number of nitrogens with one attached hydrogen (secondary N) is 1.